The molecule has 1 aromatic heterocycles. The highest BCUT2D eigenvalue weighted by atomic mass is 79.9. The number of nitrogens with two attached hydrogens (primary N) is 1. The zero-order valence-corrected chi connectivity index (χ0v) is 10.5. The molecule has 2 N–H and O–H groups in total. The van der Waals surface area contributed by atoms with Crippen molar-refractivity contribution in [2.45, 2.75) is 12.5 Å². The monoisotopic (exact) mass is 295 g/mol. The minimum Gasteiger partial charge on any atom is -0.423 e. The molecule has 1 saturated heterocycles. The Labute approximate surface area is 106 Å². The van der Waals surface area contributed by atoms with E-state index >= 15 is 0 Å². The van der Waals surface area contributed by atoms with Crippen LogP contribution in [0.25, 0.3) is 11.1 Å². The summed E-state index contributed by atoms with van der Waals surface area (Å²) in [5.41, 5.74) is 7.12. The fraction of sp³-hybridized carbons (Fsp3) is 0.273. The van der Waals surface area contributed by atoms with Crippen LogP contribution in [0.5, 0.6) is 0 Å². The third kappa shape index (κ3) is 1.83. The van der Waals surface area contributed by atoms with E-state index in [9.17, 15) is 4.79 Å². The first-order valence-corrected chi connectivity index (χ1v) is 6.05. The number of hydrogen-bond donors (Lipinski definition) is 1. The number of hydrogen-bond acceptors (Lipinski definition) is 4. The molecule has 1 atom stereocenters. The van der Waals surface area contributed by atoms with Gasteiger partial charge < -0.3 is 10.2 Å². The molecule has 1 unspecified atom stereocenters. The van der Waals surface area contributed by atoms with Crippen molar-refractivity contribution in [3.05, 3.63) is 22.7 Å². The maximum absolute atomic E-state index is 11.7. The summed E-state index contributed by atoms with van der Waals surface area (Å²) in [5, 5.41) is 0. The molecule has 0 spiro atoms. The van der Waals surface area contributed by atoms with Gasteiger partial charge in [0.2, 0.25) is 5.91 Å². The Balaban J connectivity index is 2.03. The Morgan fingerprint density at radius 2 is 2.35 bits per heavy atom. The smallest absolute Gasteiger partial charge is 0.305 e. The van der Waals surface area contributed by atoms with Crippen LogP contribution in [-0.2, 0) is 4.79 Å². The van der Waals surface area contributed by atoms with Crippen molar-refractivity contribution in [3.8, 4) is 0 Å². The predicted octanol–water partition coefficient (Wildman–Crippen LogP) is 1.65. The SMILES string of the molecule is NC1CC(=O)N(c2nc3ccc(Br)cc3o2)C1. The number of fused-ring (bicyclic) bond motifs is 1. The third-order valence-electron chi connectivity index (χ3n) is 2.73. The first-order valence-electron chi connectivity index (χ1n) is 5.25. The van der Waals surface area contributed by atoms with Crippen LogP contribution in [0.15, 0.2) is 27.1 Å². The normalized spacial score (nSPS) is 20.5. The molecule has 1 aliphatic rings. The third-order valence-corrected chi connectivity index (χ3v) is 3.22. The van der Waals surface area contributed by atoms with Crippen LogP contribution in [0.2, 0.25) is 0 Å². The zero-order chi connectivity index (χ0) is 12.0. The maximum atomic E-state index is 11.7. The first-order chi connectivity index (χ1) is 8.13. The van der Waals surface area contributed by atoms with Gasteiger partial charge in [0.05, 0.1) is 0 Å². The van der Waals surface area contributed by atoms with Crippen LogP contribution in [0.1, 0.15) is 6.42 Å². The lowest BCUT2D eigenvalue weighted by molar-refractivity contribution is -0.117. The van der Waals surface area contributed by atoms with Crippen LogP contribution < -0.4 is 10.6 Å². The molecular weight excluding hydrogens is 286 g/mol. The lowest BCUT2D eigenvalue weighted by Gasteiger charge is -2.09. The molecule has 1 fully saturated rings. The van der Waals surface area contributed by atoms with Gasteiger partial charge in [-0.2, -0.15) is 4.98 Å². The molecule has 1 amide bonds. The summed E-state index contributed by atoms with van der Waals surface area (Å²) in [4.78, 5) is 17.4. The number of amides is 1. The lowest BCUT2D eigenvalue weighted by Crippen LogP contribution is -2.28. The van der Waals surface area contributed by atoms with Crippen molar-refractivity contribution in [1.82, 2.24) is 4.98 Å². The Morgan fingerprint density at radius 3 is 3.06 bits per heavy atom. The van der Waals surface area contributed by atoms with E-state index in [1.165, 1.54) is 4.90 Å². The predicted molar refractivity (Wildman–Crippen MR) is 66.7 cm³/mol. The van der Waals surface area contributed by atoms with Crippen molar-refractivity contribution < 1.29 is 9.21 Å². The van der Waals surface area contributed by atoms with Gasteiger partial charge >= 0.3 is 6.01 Å². The van der Waals surface area contributed by atoms with Crippen molar-refractivity contribution in [2.75, 3.05) is 11.4 Å². The topological polar surface area (TPSA) is 72.4 Å². The number of aromatic nitrogens is 1. The largest absolute Gasteiger partial charge is 0.423 e. The van der Waals surface area contributed by atoms with Crippen molar-refractivity contribution in [3.63, 3.8) is 0 Å². The highest BCUT2D eigenvalue weighted by molar-refractivity contribution is 9.10. The minimum absolute atomic E-state index is 0.0388. The van der Waals surface area contributed by atoms with Gasteiger partial charge in [-0.3, -0.25) is 9.69 Å². The number of benzene rings is 1. The summed E-state index contributed by atoms with van der Waals surface area (Å²) in [5.74, 6) is -0.0388. The molecule has 5 nitrogen and oxygen atoms in total. The Kier molecular flexibility index (Phi) is 2.41. The average molecular weight is 296 g/mol. The molecule has 1 aliphatic heterocycles. The Bertz CT molecular complexity index is 595. The first kappa shape index (κ1) is 10.7. The number of oxazole rings is 1. The second-order valence-corrected chi connectivity index (χ2v) is 4.99. The van der Waals surface area contributed by atoms with Crippen molar-refractivity contribution in [1.29, 1.82) is 0 Å². The lowest BCUT2D eigenvalue weighted by atomic mass is 10.3. The van der Waals surface area contributed by atoms with E-state index < -0.39 is 0 Å². The van der Waals surface area contributed by atoms with E-state index in [0.717, 1.165) is 9.99 Å². The van der Waals surface area contributed by atoms with Crippen LogP contribution in [-0.4, -0.2) is 23.5 Å². The summed E-state index contributed by atoms with van der Waals surface area (Å²) < 4.78 is 6.47. The average Bonchev–Trinajstić information content (AvgIpc) is 2.80. The van der Waals surface area contributed by atoms with Crippen LogP contribution in [0, 0.1) is 0 Å². The van der Waals surface area contributed by atoms with Crippen molar-refractivity contribution >= 4 is 39.0 Å². The van der Waals surface area contributed by atoms with Crippen LogP contribution in [0.3, 0.4) is 0 Å². The fourth-order valence-electron chi connectivity index (χ4n) is 1.92. The molecule has 0 radical (unpaired) electrons. The number of nitrogens with zero attached hydrogens (tertiary/aromatic N) is 2. The molecule has 3 rings (SSSR count). The van der Waals surface area contributed by atoms with Gasteiger partial charge in [0.25, 0.3) is 0 Å². The zero-order valence-electron chi connectivity index (χ0n) is 8.89. The summed E-state index contributed by atoms with van der Waals surface area (Å²) >= 11 is 3.36. The summed E-state index contributed by atoms with van der Waals surface area (Å²) in [6.07, 6.45) is 0.350. The van der Waals surface area contributed by atoms with Gasteiger partial charge in [-0.15, -0.1) is 0 Å². The number of carbonyl (C=O) groups is 1. The molecule has 1 aromatic carbocycles. The highest BCUT2D eigenvalue weighted by Gasteiger charge is 2.31. The quantitative estimate of drug-likeness (QED) is 0.868. The molecule has 6 heteroatoms. The van der Waals surface area contributed by atoms with E-state index in [4.69, 9.17) is 10.2 Å². The van der Waals surface area contributed by atoms with E-state index in [-0.39, 0.29) is 11.9 Å². The fourth-order valence-corrected chi connectivity index (χ4v) is 2.26. The number of anilines is 1. The summed E-state index contributed by atoms with van der Waals surface area (Å²) in [6.45, 7) is 0.465. The number of rotatable bonds is 1. The summed E-state index contributed by atoms with van der Waals surface area (Å²) in [6, 6.07) is 5.74. The maximum Gasteiger partial charge on any atom is 0.305 e. The molecule has 2 heterocycles. The standard InChI is InChI=1S/C11H10BrN3O2/c12-6-1-2-8-9(3-6)17-11(14-8)15-5-7(13)4-10(15)16/h1-3,7H,4-5,13H2. The number of carbonyl (C=O) groups excluding carboxylic acids is 1. The Hall–Kier alpha value is -1.40. The van der Waals surface area contributed by atoms with E-state index in [1.807, 2.05) is 18.2 Å². The Morgan fingerprint density at radius 1 is 1.53 bits per heavy atom. The minimum atomic E-state index is -0.135. The van der Waals surface area contributed by atoms with Gasteiger partial charge in [-0.1, -0.05) is 15.9 Å². The van der Waals surface area contributed by atoms with E-state index in [1.54, 1.807) is 0 Å². The molecule has 0 saturated carbocycles. The molecule has 0 bridgehead atoms. The van der Waals surface area contributed by atoms with E-state index in [0.29, 0.717) is 24.6 Å². The summed E-state index contributed by atoms with van der Waals surface area (Å²) in [7, 11) is 0. The second kappa shape index (κ2) is 3.82. The second-order valence-electron chi connectivity index (χ2n) is 4.08. The van der Waals surface area contributed by atoms with Gasteiger partial charge in [-0.05, 0) is 18.2 Å². The van der Waals surface area contributed by atoms with Crippen LogP contribution >= 0.6 is 15.9 Å². The highest BCUT2D eigenvalue weighted by Crippen LogP contribution is 2.27. The van der Waals surface area contributed by atoms with Gasteiger partial charge in [0.15, 0.2) is 5.58 Å². The van der Waals surface area contributed by atoms with Gasteiger partial charge in [-0.25, -0.2) is 0 Å². The number of halogens is 1. The van der Waals surface area contributed by atoms with Gasteiger partial charge in [0, 0.05) is 23.5 Å². The van der Waals surface area contributed by atoms with Crippen LogP contribution in [0.4, 0.5) is 6.01 Å². The molecular formula is C11H10BrN3O2. The van der Waals surface area contributed by atoms with Gasteiger partial charge in [0.1, 0.15) is 5.52 Å². The van der Waals surface area contributed by atoms with E-state index in [2.05, 4.69) is 20.9 Å². The van der Waals surface area contributed by atoms with Crippen molar-refractivity contribution in [2.24, 2.45) is 5.73 Å². The molecule has 2 aromatic rings. The molecule has 88 valence electrons. The molecule has 0 aliphatic carbocycles. The molecule has 17 heavy (non-hydrogen) atoms.